The van der Waals surface area contributed by atoms with Gasteiger partial charge in [0.1, 0.15) is 11.2 Å². The van der Waals surface area contributed by atoms with Crippen LogP contribution in [0, 0.1) is 0 Å². The molecular formula is C45H28N4O. The summed E-state index contributed by atoms with van der Waals surface area (Å²) < 4.78 is 8.58. The van der Waals surface area contributed by atoms with Crippen molar-refractivity contribution in [2.24, 2.45) is 0 Å². The van der Waals surface area contributed by atoms with Crippen molar-refractivity contribution >= 4 is 43.7 Å². The van der Waals surface area contributed by atoms with E-state index in [2.05, 4.69) is 126 Å². The molecule has 3 aromatic heterocycles. The summed E-state index contributed by atoms with van der Waals surface area (Å²) in [4.78, 5) is 15.5. The molecule has 0 aliphatic rings. The summed E-state index contributed by atoms with van der Waals surface area (Å²) in [6.07, 6.45) is 0. The molecule has 0 bridgehead atoms. The average Bonchev–Trinajstić information content (AvgIpc) is 3.74. The molecule has 234 valence electrons. The molecule has 5 heteroatoms. The Balaban J connectivity index is 1.18. The number of furan rings is 1. The molecule has 0 aliphatic heterocycles. The standard InChI is InChI=1S/C45H28N4O/c1-3-12-29(13-4-1)30-22-24-31(25-23-30)33-26-27-40-37(28-33)42-36(18-11-21-41(42)50-40)44-46-43(32-14-5-2-6-15-32)47-45(48-44)49-38-19-9-7-16-34(38)35-17-8-10-20-39(35)49/h1-28H. The highest BCUT2D eigenvalue weighted by Gasteiger charge is 2.20. The topological polar surface area (TPSA) is 56.7 Å². The lowest BCUT2D eigenvalue weighted by Crippen LogP contribution is -2.06. The average molecular weight is 641 g/mol. The highest BCUT2D eigenvalue weighted by molar-refractivity contribution is 6.13. The zero-order valence-corrected chi connectivity index (χ0v) is 26.9. The molecule has 5 nitrogen and oxygen atoms in total. The summed E-state index contributed by atoms with van der Waals surface area (Å²) in [7, 11) is 0. The third-order valence-electron chi connectivity index (χ3n) is 9.50. The largest absolute Gasteiger partial charge is 0.456 e. The molecule has 50 heavy (non-hydrogen) atoms. The number of benzene rings is 7. The lowest BCUT2D eigenvalue weighted by atomic mass is 9.98. The predicted octanol–water partition coefficient (Wildman–Crippen LogP) is 11.5. The molecule has 10 aromatic rings. The third-order valence-corrected chi connectivity index (χ3v) is 9.50. The van der Waals surface area contributed by atoms with Gasteiger partial charge in [-0.1, -0.05) is 140 Å². The smallest absolute Gasteiger partial charge is 0.238 e. The molecule has 0 N–H and O–H groups in total. The van der Waals surface area contributed by atoms with Gasteiger partial charge in [0.25, 0.3) is 0 Å². The first-order chi connectivity index (χ1) is 24.8. The Morgan fingerprint density at radius 1 is 0.380 bits per heavy atom. The van der Waals surface area contributed by atoms with Crippen molar-refractivity contribution in [3.63, 3.8) is 0 Å². The summed E-state index contributed by atoms with van der Waals surface area (Å²) in [5.74, 6) is 1.76. The molecule has 0 saturated carbocycles. The quantitative estimate of drug-likeness (QED) is 0.188. The zero-order valence-electron chi connectivity index (χ0n) is 26.9. The van der Waals surface area contributed by atoms with Crippen LogP contribution in [0.2, 0.25) is 0 Å². The monoisotopic (exact) mass is 640 g/mol. The van der Waals surface area contributed by atoms with E-state index in [4.69, 9.17) is 19.4 Å². The van der Waals surface area contributed by atoms with Gasteiger partial charge >= 0.3 is 0 Å². The second-order valence-corrected chi connectivity index (χ2v) is 12.5. The molecule has 0 amide bonds. The maximum absolute atomic E-state index is 6.44. The Labute approximate surface area is 287 Å². The van der Waals surface area contributed by atoms with Gasteiger partial charge in [-0.3, -0.25) is 4.57 Å². The van der Waals surface area contributed by atoms with Gasteiger partial charge in [0, 0.05) is 32.7 Å². The number of nitrogens with zero attached hydrogens (tertiary/aromatic N) is 4. The number of rotatable bonds is 5. The Hall–Kier alpha value is -6.85. The zero-order chi connectivity index (χ0) is 33.0. The normalized spacial score (nSPS) is 11.6. The maximum Gasteiger partial charge on any atom is 0.238 e. The first kappa shape index (κ1) is 28.2. The van der Waals surface area contributed by atoms with E-state index in [9.17, 15) is 0 Å². The SMILES string of the molecule is c1ccc(-c2ccc(-c3ccc4oc5cccc(-c6nc(-c7ccccc7)nc(-n7c8ccccc8c8ccccc87)n6)c5c4c3)cc2)cc1. The van der Waals surface area contributed by atoms with Crippen LogP contribution >= 0.6 is 0 Å². The fraction of sp³-hybridized carbons (Fsp3) is 0. The van der Waals surface area contributed by atoms with Gasteiger partial charge in [-0.05, 0) is 52.6 Å². The van der Waals surface area contributed by atoms with E-state index in [0.717, 1.165) is 66.0 Å². The molecule has 0 radical (unpaired) electrons. The number of aromatic nitrogens is 4. The second-order valence-electron chi connectivity index (χ2n) is 12.5. The maximum atomic E-state index is 6.44. The van der Waals surface area contributed by atoms with E-state index in [1.54, 1.807) is 0 Å². The Morgan fingerprint density at radius 2 is 0.940 bits per heavy atom. The fourth-order valence-corrected chi connectivity index (χ4v) is 7.12. The third kappa shape index (κ3) is 4.60. The van der Waals surface area contributed by atoms with Gasteiger partial charge in [0.2, 0.25) is 5.95 Å². The van der Waals surface area contributed by atoms with Crippen LogP contribution in [0.4, 0.5) is 0 Å². The van der Waals surface area contributed by atoms with Crippen LogP contribution in [-0.2, 0) is 0 Å². The molecule has 0 atom stereocenters. The van der Waals surface area contributed by atoms with E-state index >= 15 is 0 Å². The minimum Gasteiger partial charge on any atom is -0.456 e. The lowest BCUT2D eigenvalue weighted by Gasteiger charge is -2.11. The number of para-hydroxylation sites is 2. The van der Waals surface area contributed by atoms with Crippen LogP contribution in [0.5, 0.6) is 0 Å². The van der Waals surface area contributed by atoms with Crippen LogP contribution in [0.15, 0.2) is 174 Å². The van der Waals surface area contributed by atoms with Gasteiger partial charge in [-0.15, -0.1) is 0 Å². The van der Waals surface area contributed by atoms with Gasteiger partial charge in [0.05, 0.1) is 11.0 Å². The summed E-state index contributed by atoms with van der Waals surface area (Å²) in [5, 5.41) is 4.29. The highest BCUT2D eigenvalue weighted by Crippen LogP contribution is 2.39. The van der Waals surface area contributed by atoms with Crippen molar-refractivity contribution in [1.29, 1.82) is 0 Å². The number of fused-ring (bicyclic) bond motifs is 6. The first-order valence-corrected chi connectivity index (χ1v) is 16.7. The second kappa shape index (κ2) is 11.4. The summed E-state index contributed by atoms with van der Waals surface area (Å²) >= 11 is 0. The number of hydrogen-bond donors (Lipinski definition) is 0. The van der Waals surface area contributed by atoms with Crippen LogP contribution in [0.1, 0.15) is 0 Å². The molecule has 0 fully saturated rings. The Bertz CT molecular complexity index is 2800. The minimum absolute atomic E-state index is 0.565. The summed E-state index contributed by atoms with van der Waals surface area (Å²) in [6.45, 7) is 0. The van der Waals surface area contributed by atoms with E-state index < -0.39 is 0 Å². The molecule has 0 spiro atoms. The van der Waals surface area contributed by atoms with Crippen molar-refractivity contribution in [3.05, 3.63) is 170 Å². The van der Waals surface area contributed by atoms with Crippen molar-refractivity contribution < 1.29 is 4.42 Å². The number of hydrogen-bond acceptors (Lipinski definition) is 4. The van der Waals surface area contributed by atoms with Gasteiger partial charge in [-0.2, -0.15) is 9.97 Å². The first-order valence-electron chi connectivity index (χ1n) is 16.7. The Morgan fingerprint density at radius 3 is 1.64 bits per heavy atom. The highest BCUT2D eigenvalue weighted by atomic mass is 16.3. The lowest BCUT2D eigenvalue weighted by molar-refractivity contribution is 0.669. The molecule has 7 aromatic carbocycles. The van der Waals surface area contributed by atoms with Gasteiger partial charge in [-0.25, -0.2) is 4.98 Å². The van der Waals surface area contributed by atoms with E-state index in [0.29, 0.717) is 17.6 Å². The predicted molar refractivity (Wildman–Crippen MR) is 203 cm³/mol. The molecule has 0 unspecified atom stereocenters. The van der Waals surface area contributed by atoms with E-state index in [-0.39, 0.29) is 0 Å². The van der Waals surface area contributed by atoms with Gasteiger partial charge < -0.3 is 4.42 Å². The molecule has 0 aliphatic carbocycles. The van der Waals surface area contributed by atoms with E-state index in [1.807, 2.05) is 48.5 Å². The van der Waals surface area contributed by atoms with E-state index in [1.165, 1.54) is 11.1 Å². The molecule has 0 saturated heterocycles. The summed E-state index contributed by atoms with van der Waals surface area (Å²) in [6, 6.07) is 58.6. The molecule has 10 rings (SSSR count). The van der Waals surface area contributed by atoms with Gasteiger partial charge in [0.15, 0.2) is 11.6 Å². The van der Waals surface area contributed by atoms with Crippen LogP contribution in [0.3, 0.4) is 0 Å². The molecular weight excluding hydrogens is 613 g/mol. The molecule has 3 heterocycles. The summed E-state index contributed by atoms with van der Waals surface area (Å²) in [5.41, 5.74) is 10.1. The van der Waals surface area contributed by atoms with Crippen LogP contribution < -0.4 is 0 Å². The van der Waals surface area contributed by atoms with Crippen LogP contribution in [-0.4, -0.2) is 19.5 Å². The van der Waals surface area contributed by atoms with Crippen molar-refractivity contribution in [2.45, 2.75) is 0 Å². The van der Waals surface area contributed by atoms with Crippen molar-refractivity contribution in [1.82, 2.24) is 19.5 Å². The minimum atomic E-state index is 0.565. The van der Waals surface area contributed by atoms with Crippen molar-refractivity contribution in [2.75, 3.05) is 0 Å². The van der Waals surface area contributed by atoms with Crippen LogP contribution in [0.25, 0.3) is 94.7 Å². The van der Waals surface area contributed by atoms with Crippen molar-refractivity contribution in [3.8, 4) is 51.0 Å². The fourth-order valence-electron chi connectivity index (χ4n) is 7.12. The Kier molecular flexibility index (Phi) is 6.42.